The lowest BCUT2D eigenvalue weighted by Crippen LogP contribution is -2.56. The topological polar surface area (TPSA) is 87.7 Å². The summed E-state index contributed by atoms with van der Waals surface area (Å²) >= 11 is 0. The number of nitrogens with one attached hydrogen (secondary N) is 2. The lowest BCUT2D eigenvalue weighted by atomic mass is 9.97. The van der Waals surface area contributed by atoms with Crippen LogP contribution >= 0.6 is 0 Å². The summed E-state index contributed by atoms with van der Waals surface area (Å²) in [5.74, 6) is -0.798. The van der Waals surface area contributed by atoms with Gasteiger partial charge in [0, 0.05) is 12.1 Å². The Balaban J connectivity index is 3.34. The maximum atomic E-state index is 13.6. The molecule has 0 spiro atoms. The molecule has 0 saturated carbocycles. The van der Waals surface area contributed by atoms with E-state index in [4.69, 9.17) is 4.74 Å². The maximum Gasteiger partial charge on any atom is 0.408 e. The largest absolute Gasteiger partial charge is 0.444 e. The van der Waals surface area contributed by atoms with Gasteiger partial charge < -0.3 is 20.3 Å². The van der Waals surface area contributed by atoms with Gasteiger partial charge in [-0.15, -0.1) is 0 Å². The molecule has 0 aromatic heterocycles. The van der Waals surface area contributed by atoms with E-state index in [0.717, 1.165) is 5.56 Å². The Morgan fingerprint density at radius 2 is 1.53 bits per heavy atom. The number of alkyl carbamates (subject to hydrolysis) is 1. The van der Waals surface area contributed by atoms with Crippen molar-refractivity contribution in [2.45, 2.75) is 92.5 Å². The second-order valence-electron chi connectivity index (χ2n) is 10.5. The summed E-state index contributed by atoms with van der Waals surface area (Å²) in [6.45, 7) is 18.8. The van der Waals surface area contributed by atoms with E-state index >= 15 is 0 Å². The average Bonchev–Trinajstić information content (AvgIpc) is 2.61. The third kappa shape index (κ3) is 8.52. The van der Waals surface area contributed by atoms with E-state index in [2.05, 4.69) is 10.6 Å². The summed E-state index contributed by atoms with van der Waals surface area (Å²) in [4.78, 5) is 40.9. The smallest absolute Gasteiger partial charge is 0.408 e. The SMILES string of the molecule is CCN(C(=O)C(NC(=O)OC(C)(C)C)C(C)C)C(C(=O)NC(C)(C)C)c1ccc(C)cc1. The molecule has 1 rings (SSSR count). The fourth-order valence-corrected chi connectivity index (χ4v) is 3.25. The molecule has 7 nitrogen and oxygen atoms in total. The number of likely N-dealkylation sites (N-methyl/N-ethyl adjacent to an activating group) is 1. The maximum absolute atomic E-state index is 13.6. The third-order valence-corrected chi connectivity index (χ3v) is 4.68. The molecule has 2 N–H and O–H groups in total. The van der Waals surface area contributed by atoms with Gasteiger partial charge in [-0.05, 0) is 66.9 Å². The Morgan fingerprint density at radius 1 is 1.00 bits per heavy atom. The zero-order chi connectivity index (χ0) is 24.9. The van der Waals surface area contributed by atoms with Crippen molar-refractivity contribution >= 4 is 17.9 Å². The highest BCUT2D eigenvalue weighted by atomic mass is 16.6. The quantitative estimate of drug-likeness (QED) is 0.650. The van der Waals surface area contributed by atoms with E-state index < -0.39 is 29.3 Å². The molecule has 2 unspecified atom stereocenters. The minimum absolute atomic E-state index is 0.201. The highest BCUT2D eigenvalue weighted by molar-refractivity contribution is 5.92. The molecule has 2 atom stereocenters. The molecule has 0 aliphatic carbocycles. The number of hydrogen-bond donors (Lipinski definition) is 2. The summed E-state index contributed by atoms with van der Waals surface area (Å²) in [6.07, 6.45) is -0.661. The highest BCUT2D eigenvalue weighted by Crippen LogP contribution is 2.25. The van der Waals surface area contributed by atoms with Crippen LogP contribution in [0.4, 0.5) is 4.79 Å². The van der Waals surface area contributed by atoms with Crippen LogP contribution in [0, 0.1) is 12.8 Å². The van der Waals surface area contributed by atoms with Gasteiger partial charge in [0.2, 0.25) is 11.8 Å². The third-order valence-electron chi connectivity index (χ3n) is 4.68. The van der Waals surface area contributed by atoms with Crippen LogP contribution in [0.3, 0.4) is 0 Å². The Labute approximate surface area is 193 Å². The van der Waals surface area contributed by atoms with Gasteiger partial charge in [0.25, 0.3) is 0 Å². The first-order valence-electron chi connectivity index (χ1n) is 11.2. The van der Waals surface area contributed by atoms with Crippen LogP contribution in [0.25, 0.3) is 0 Å². The number of ether oxygens (including phenoxy) is 1. The number of hydrogen-bond acceptors (Lipinski definition) is 4. The van der Waals surface area contributed by atoms with Crippen molar-refractivity contribution in [3.05, 3.63) is 35.4 Å². The molecule has 0 bridgehead atoms. The van der Waals surface area contributed by atoms with Crippen molar-refractivity contribution in [3.8, 4) is 0 Å². The molecule has 0 aliphatic heterocycles. The first-order valence-corrected chi connectivity index (χ1v) is 11.2. The second kappa shape index (κ2) is 10.8. The summed E-state index contributed by atoms with van der Waals surface area (Å²) in [5, 5.41) is 5.70. The molecule has 0 saturated heterocycles. The van der Waals surface area contributed by atoms with E-state index in [-0.39, 0.29) is 17.7 Å². The molecule has 3 amide bonds. The van der Waals surface area contributed by atoms with Gasteiger partial charge in [-0.3, -0.25) is 9.59 Å². The summed E-state index contributed by atoms with van der Waals surface area (Å²) in [5.41, 5.74) is 0.627. The van der Waals surface area contributed by atoms with Crippen molar-refractivity contribution in [1.29, 1.82) is 0 Å². The zero-order valence-corrected chi connectivity index (χ0v) is 21.3. The molecule has 7 heteroatoms. The number of nitrogens with zero attached hydrogens (tertiary/aromatic N) is 1. The van der Waals surface area contributed by atoms with E-state index in [9.17, 15) is 14.4 Å². The van der Waals surface area contributed by atoms with Gasteiger partial charge >= 0.3 is 6.09 Å². The van der Waals surface area contributed by atoms with Gasteiger partial charge in [0.15, 0.2) is 0 Å². The van der Waals surface area contributed by atoms with Crippen LogP contribution in [0.1, 0.15) is 79.5 Å². The zero-order valence-electron chi connectivity index (χ0n) is 21.3. The number of carbonyl (C=O) groups excluding carboxylic acids is 3. The molecule has 32 heavy (non-hydrogen) atoms. The molecule has 0 aliphatic rings. The lowest BCUT2D eigenvalue weighted by molar-refractivity contribution is -0.143. The van der Waals surface area contributed by atoms with Crippen molar-refractivity contribution in [1.82, 2.24) is 15.5 Å². The highest BCUT2D eigenvalue weighted by Gasteiger charge is 2.37. The minimum Gasteiger partial charge on any atom is -0.444 e. The molecule has 1 aromatic carbocycles. The van der Waals surface area contributed by atoms with Gasteiger partial charge in [0.1, 0.15) is 17.7 Å². The molecule has 180 valence electrons. The van der Waals surface area contributed by atoms with Crippen LogP contribution in [-0.2, 0) is 14.3 Å². The summed E-state index contributed by atoms with van der Waals surface area (Å²) < 4.78 is 5.35. The molecular formula is C25H41N3O4. The van der Waals surface area contributed by atoms with Crippen molar-refractivity contribution in [3.63, 3.8) is 0 Å². The first-order chi connectivity index (χ1) is 14.6. The van der Waals surface area contributed by atoms with Crippen LogP contribution in [-0.4, -0.2) is 46.5 Å². The van der Waals surface area contributed by atoms with E-state index in [0.29, 0.717) is 12.1 Å². The van der Waals surface area contributed by atoms with Gasteiger partial charge in [-0.25, -0.2) is 4.79 Å². The molecular weight excluding hydrogens is 406 g/mol. The average molecular weight is 448 g/mol. The predicted octanol–water partition coefficient (Wildman–Crippen LogP) is 4.35. The monoisotopic (exact) mass is 447 g/mol. The van der Waals surface area contributed by atoms with Crippen molar-refractivity contribution in [2.75, 3.05) is 6.54 Å². The van der Waals surface area contributed by atoms with E-state index in [1.165, 1.54) is 4.90 Å². The fourth-order valence-electron chi connectivity index (χ4n) is 3.25. The Bertz CT molecular complexity index is 789. The van der Waals surface area contributed by atoms with Crippen LogP contribution in [0.15, 0.2) is 24.3 Å². The number of benzene rings is 1. The fraction of sp³-hybridized carbons (Fsp3) is 0.640. The molecule has 1 aromatic rings. The second-order valence-corrected chi connectivity index (χ2v) is 10.5. The van der Waals surface area contributed by atoms with Crippen molar-refractivity contribution < 1.29 is 19.1 Å². The predicted molar refractivity (Wildman–Crippen MR) is 127 cm³/mol. The molecule has 0 radical (unpaired) electrons. The Morgan fingerprint density at radius 3 is 1.94 bits per heavy atom. The first kappa shape index (κ1) is 27.5. The summed E-state index contributed by atoms with van der Waals surface area (Å²) in [7, 11) is 0. The lowest BCUT2D eigenvalue weighted by Gasteiger charge is -2.36. The Kier molecular flexibility index (Phi) is 9.30. The number of rotatable bonds is 7. The van der Waals surface area contributed by atoms with E-state index in [1.54, 1.807) is 20.8 Å². The standard InChI is InChI=1S/C25H41N3O4/c1-11-28(22(30)19(16(2)3)26-23(31)32-25(8,9)10)20(21(29)27-24(5,6)7)18-14-12-17(4)13-15-18/h12-16,19-20H,11H2,1-10H3,(H,26,31)(H,27,29). The minimum atomic E-state index is -0.833. The number of amides is 3. The molecule has 0 heterocycles. The Hall–Kier alpha value is -2.57. The van der Waals surface area contributed by atoms with Gasteiger partial charge in [-0.1, -0.05) is 43.7 Å². The number of carbonyl (C=O) groups is 3. The summed E-state index contributed by atoms with van der Waals surface area (Å²) in [6, 6.07) is 5.91. The van der Waals surface area contributed by atoms with Crippen LogP contribution in [0.2, 0.25) is 0 Å². The molecule has 0 fully saturated rings. The van der Waals surface area contributed by atoms with Gasteiger partial charge in [-0.2, -0.15) is 0 Å². The normalized spacial score (nSPS) is 13.8. The van der Waals surface area contributed by atoms with Gasteiger partial charge in [0.05, 0.1) is 0 Å². The van der Waals surface area contributed by atoms with Crippen LogP contribution < -0.4 is 10.6 Å². The van der Waals surface area contributed by atoms with Crippen LogP contribution in [0.5, 0.6) is 0 Å². The number of aryl methyl sites for hydroxylation is 1. The van der Waals surface area contributed by atoms with Crippen molar-refractivity contribution in [2.24, 2.45) is 5.92 Å². The van der Waals surface area contributed by atoms with E-state index in [1.807, 2.05) is 72.7 Å².